The summed E-state index contributed by atoms with van der Waals surface area (Å²) in [6, 6.07) is 7.06. The van der Waals surface area contributed by atoms with Gasteiger partial charge in [-0.05, 0) is 56.6 Å². The van der Waals surface area contributed by atoms with E-state index in [1.54, 1.807) is 0 Å². The van der Waals surface area contributed by atoms with Crippen molar-refractivity contribution in [1.29, 1.82) is 0 Å². The molecule has 2 aromatic rings. The molecule has 1 aliphatic rings. The van der Waals surface area contributed by atoms with Crippen LogP contribution in [0.4, 0.5) is 0 Å². The molecule has 21 heavy (non-hydrogen) atoms. The minimum absolute atomic E-state index is 0.141. The van der Waals surface area contributed by atoms with Gasteiger partial charge in [0.15, 0.2) is 0 Å². The fourth-order valence-electron chi connectivity index (χ4n) is 3.23. The Morgan fingerprint density at radius 2 is 1.90 bits per heavy atom. The Labute approximate surface area is 129 Å². The minimum atomic E-state index is -0.141. The average molecular weight is 305 g/mol. The number of fused-ring (bicyclic) bond motifs is 1. The van der Waals surface area contributed by atoms with E-state index in [1.807, 2.05) is 17.8 Å². The molecule has 3 N–H and O–H groups in total. The number of aromatic nitrogens is 2. The molecule has 0 bridgehead atoms. The first kappa shape index (κ1) is 14.7. The molecule has 0 spiro atoms. The van der Waals surface area contributed by atoms with Gasteiger partial charge in [-0.3, -0.25) is 0 Å². The summed E-state index contributed by atoms with van der Waals surface area (Å²) in [5.41, 5.74) is 2.84. The molecule has 1 aromatic carbocycles. The molecule has 0 amide bonds. The summed E-state index contributed by atoms with van der Waals surface area (Å²) in [6.45, 7) is 2.20. The molecule has 0 aliphatic heterocycles. The smallest absolute Gasteiger partial charge is 0.307 e. The van der Waals surface area contributed by atoms with Crippen molar-refractivity contribution in [3.63, 3.8) is 0 Å². The number of thioether (sulfide) groups is 1. The lowest BCUT2D eigenvalue weighted by Gasteiger charge is -2.30. The van der Waals surface area contributed by atoms with E-state index in [0.717, 1.165) is 16.3 Å². The number of nitrogens with one attached hydrogen (secondary N) is 3. The molecule has 1 unspecified atom stereocenters. The molecule has 1 aliphatic carbocycles. The summed E-state index contributed by atoms with van der Waals surface area (Å²) in [5.74, 6) is 0. The molecule has 1 atom stereocenters. The van der Waals surface area contributed by atoms with Gasteiger partial charge in [0.2, 0.25) is 0 Å². The SMILES string of the molecule is CSC1CCC(NC(C)c2ccc3[nH]c(=O)[nH]c3c2)CC1. The van der Waals surface area contributed by atoms with Gasteiger partial charge in [0.1, 0.15) is 0 Å². The Morgan fingerprint density at radius 1 is 1.19 bits per heavy atom. The maximum Gasteiger partial charge on any atom is 0.323 e. The van der Waals surface area contributed by atoms with Crippen molar-refractivity contribution in [3.05, 3.63) is 34.2 Å². The maximum absolute atomic E-state index is 11.3. The molecule has 1 heterocycles. The Kier molecular flexibility index (Phi) is 4.40. The highest BCUT2D eigenvalue weighted by molar-refractivity contribution is 7.99. The summed E-state index contributed by atoms with van der Waals surface area (Å²) in [5, 5.41) is 4.59. The van der Waals surface area contributed by atoms with Crippen LogP contribution in [0, 0.1) is 0 Å². The van der Waals surface area contributed by atoms with Crippen molar-refractivity contribution < 1.29 is 0 Å². The molecule has 1 aromatic heterocycles. The number of hydrogen-bond donors (Lipinski definition) is 3. The molecule has 3 rings (SSSR count). The van der Waals surface area contributed by atoms with Gasteiger partial charge in [0.25, 0.3) is 0 Å². The Morgan fingerprint density at radius 3 is 2.62 bits per heavy atom. The van der Waals surface area contributed by atoms with E-state index in [-0.39, 0.29) is 5.69 Å². The zero-order valence-corrected chi connectivity index (χ0v) is 13.4. The zero-order valence-electron chi connectivity index (χ0n) is 12.6. The molecule has 114 valence electrons. The second-order valence-electron chi connectivity index (χ2n) is 5.98. The van der Waals surface area contributed by atoms with Crippen LogP contribution in [-0.4, -0.2) is 27.5 Å². The van der Waals surface area contributed by atoms with Crippen molar-refractivity contribution >= 4 is 22.8 Å². The van der Waals surface area contributed by atoms with Crippen LogP contribution in [-0.2, 0) is 0 Å². The second kappa shape index (κ2) is 6.28. The van der Waals surface area contributed by atoms with Crippen molar-refractivity contribution in [2.75, 3.05) is 6.26 Å². The third kappa shape index (κ3) is 3.35. The van der Waals surface area contributed by atoms with Crippen LogP contribution >= 0.6 is 11.8 Å². The van der Waals surface area contributed by atoms with Crippen LogP contribution < -0.4 is 11.0 Å². The van der Waals surface area contributed by atoms with Gasteiger partial charge >= 0.3 is 5.69 Å². The summed E-state index contributed by atoms with van der Waals surface area (Å²) in [4.78, 5) is 16.9. The van der Waals surface area contributed by atoms with E-state index in [0.29, 0.717) is 12.1 Å². The lowest BCUT2D eigenvalue weighted by Crippen LogP contribution is -2.35. The van der Waals surface area contributed by atoms with Crippen molar-refractivity contribution in [3.8, 4) is 0 Å². The van der Waals surface area contributed by atoms with Crippen LogP contribution in [0.2, 0.25) is 0 Å². The van der Waals surface area contributed by atoms with Crippen molar-refractivity contribution in [2.24, 2.45) is 0 Å². The lowest BCUT2D eigenvalue weighted by atomic mass is 9.93. The van der Waals surface area contributed by atoms with E-state index < -0.39 is 0 Å². The van der Waals surface area contributed by atoms with E-state index >= 15 is 0 Å². The Hall–Kier alpha value is -1.20. The monoisotopic (exact) mass is 305 g/mol. The Bertz CT molecular complexity index is 655. The summed E-state index contributed by atoms with van der Waals surface area (Å²) in [7, 11) is 0. The molecule has 5 heteroatoms. The van der Waals surface area contributed by atoms with Gasteiger partial charge in [-0.15, -0.1) is 0 Å². The maximum atomic E-state index is 11.3. The van der Waals surface area contributed by atoms with E-state index in [4.69, 9.17) is 0 Å². The molecule has 1 fully saturated rings. The molecule has 1 saturated carbocycles. The summed E-state index contributed by atoms with van der Waals surface area (Å²) >= 11 is 2.00. The minimum Gasteiger partial charge on any atom is -0.307 e. The van der Waals surface area contributed by atoms with Gasteiger partial charge < -0.3 is 15.3 Å². The second-order valence-corrected chi connectivity index (χ2v) is 7.12. The van der Waals surface area contributed by atoms with Crippen molar-refractivity contribution in [2.45, 2.75) is 49.9 Å². The predicted octanol–water partition coefficient (Wildman–Crippen LogP) is 3.18. The predicted molar refractivity (Wildman–Crippen MR) is 90.0 cm³/mol. The van der Waals surface area contributed by atoms with Crippen molar-refractivity contribution in [1.82, 2.24) is 15.3 Å². The highest BCUT2D eigenvalue weighted by atomic mass is 32.2. The van der Waals surface area contributed by atoms with Crippen LogP contribution in [0.3, 0.4) is 0 Å². The van der Waals surface area contributed by atoms with Crippen LogP contribution in [0.1, 0.15) is 44.2 Å². The standard InChI is InChI=1S/C16H23N3OS/c1-10(17-12-4-6-13(21-2)7-5-12)11-3-8-14-15(9-11)19-16(20)18-14/h3,8-10,12-13,17H,4-7H2,1-2H3,(H2,18,19,20). The first-order chi connectivity index (χ1) is 10.2. The normalized spacial score (nSPS) is 24.3. The van der Waals surface area contributed by atoms with Gasteiger partial charge in [0.05, 0.1) is 11.0 Å². The third-order valence-corrected chi connectivity index (χ3v) is 5.67. The zero-order chi connectivity index (χ0) is 14.8. The quantitative estimate of drug-likeness (QED) is 0.813. The molecular formula is C16H23N3OS. The van der Waals surface area contributed by atoms with Crippen LogP contribution in [0.15, 0.2) is 23.0 Å². The molecular weight excluding hydrogens is 282 g/mol. The van der Waals surface area contributed by atoms with Gasteiger partial charge in [-0.25, -0.2) is 4.79 Å². The first-order valence-electron chi connectivity index (χ1n) is 7.66. The first-order valence-corrected chi connectivity index (χ1v) is 8.95. The molecule has 0 saturated heterocycles. The van der Waals surface area contributed by atoms with Crippen LogP contribution in [0.5, 0.6) is 0 Å². The number of imidazole rings is 1. The highest BCUT2D eigenvalue weighted by Gasteiger charge is 2.21. The Balaban J connectivity index is 1.66. The summed E-state index contributed by atoms with van der Waals surface area (Å²) in [6.07, 6.45) is 7.37. The fourth-order valence-corrected chi connectivity index (χ4v) is 3.98. The van der Waals surface area contributed by atoms with Crippen LogP contribution in [0.25, 0.3) is 11.0 Å². The van der Waals surface area contributed by atoms with E-state index in [9.17, 15) is 4.79 Å². The summed E-state index contributed by atoms with van der Waals surface area (Å²) < 4.78 is 0. The average Bonchev–Trinajstić information content (AvgIpc) is 2.87. The third-order valence-electron chi connectivity index (χ3n) is 4.53. The van der Waals surface area contributed by atoms with Gasteiger partial charge in [-0.1, -0.05) is 6.07 Å². The largest absolute Gasteiger partial charge is 0.323 e. The number of H-pyrrole nitrogens is 2. The molecule has 0 radical (unpaired) electrons. The van der Waals surface area contributed by atoms with E-state index in [2.05, 4.69) is 40.6 Å². The lowest BCUT2D eigenvalue weighted by molar-refractivity contribution is 0.352. The number of benzene rings is 1. The number of hydrogen-bond acceptors (Lipinski definition) is 3. The topological polar surface area (TPSA) is 60.7 Å². The van der Waals surface area contributed by atoms with E-state index in [1.165, 1.54) is 31.2 Å². The highest BCUT2D eigenvalue weighted by Crippen LogP contribution is 2.28. The fraction of sp³-hybridized carbons (Fsp3) is 0.562. The van der Waals surface area contributed by atoms with Gasteiger partial charge in [-0.2, -0.15) is 11.8 Å². The number of rotatable bonds is 4. The molecule has 4 nitrogen and oxygen atoms in total. The number of aromatic amines is 2. The van der Waals surface area contributed by atoms with Gasteiger partial charge in [0, 0.05) is 17.3 Å².